The van der Waals surface area contributed by atoms with Crippen molar-refractivity contribution < 1.29 is 9.59 Å². The van der Waals surface area contributed by atoms with Crippen LogP contribution in [0, 0.1) is 0 Å². The molecule has 0 radical (unpaired) electrons. The van der Waals surface area contributed by atoms with Crippen LogP contribution in [0.2, 0.25) is 0 Å². The van der Waals surface area contributed by atoms with Crippen LogP contribution in [0.15, 0.2) is 11.3 Å². The van der Waals surface area contributed by atoms with Gasteiger partial charge in [0.2, 0.25) is 0 Å². The van der Waals surface area contributed by atoms with Gasteiger partial charge >= 0.3 is 6.03 Å². The van der Waals surface area contributed by atoms with E-state index in [0.717, 1.165) is 10.6 Å². The molecular formula is C13H19N5O2S. The lowest BCUT2D eigenvalue weighted by Gasteiger charge is -2.25. The van der Waals surface area contributed by atoms with Crippen LogP contribution in [0.1, 0.15) is 44.2 Å². The molecule has 21 heavy (non-hydrogen) atoms. The summed E-state index contributed by atoms with van der Waals surface area (Å²) >= 11 is 1.29. The lowest BCUT2D eigenvalue weighted by molar-refractivity contribution is -0.118. The van der Waals surface area contributed by atoms with Crippen LogP contribution in [0.3, 0.4) is 0 Å². The molecule has 1 aromatic heterocycles. The lowest BCUT2D eigenvalue weighted by atomic mass is 10.0. The molecule has 8 heteroatoms. The lowest BCUT2D eigenvalue weighted by Crippen LogP contribution is -2.50. The number of hydrogen-bond acceptors (Lipinski definition) is 5. The van der Waals surface area contributed by atoms with Gasteiger partial charge in [-0.3, -0.25) is 4.79 Å². The summed E-state index contributed by atoms with van der Waals surface area (Å²) in [7, 11) is 0. The highest BCUT2D eigenvalue weighted by Gasteiger charge is 2.26. The standard InChI is InChI=1S/C13H19N5O2S/c1-6(2)11-9(21-18-17-11)5-14-12(19)10-7(3)15-13(20)16-8(10)4/h6-7H,5H2,1-4H3,(H,14,19)(H2,15,16,20). The first kappa shape index (κ1) is 15.4. The number of urea groups is 1. The van der Waals surface area contributed by atoms with Crippen LogP contribution in [0.25, 0.3) is 0 Å². The second-order valence-electron chi connectivity index (χ2n) is 5.28. The van der Waals surface area contributed by atoms with Crippen molar-refractivity contribution in [1.82, 2.24) is 25.5 Å². The highest BCUT2D eigenvalue weighted by Crippen LogP contribution is 2.20. The fraction of sp³-hybridized carbons (Fsp3) is 0.538. The van der Waals surface area contributed by atoms with Gasteiger partial charge < -0.3 is 16.0 Å². The summed E-state index contributed by atoms with van der Waals surface area (Å²) in [5.74, 6) is 0.0711. The molecule has 1 atom stereocenters. The van der Waals surface area contributed by atoms with E-state index in [1.165, 1.54) is 11.5 Å². The van der Waals surface area contributed by atoms with Crippen molar-refractivity contribution in [2.24, 2.45) is 0 Å². The Kier molecular flexibility index (Phi) is 4.56. The number of rotatable bonds is 4. The molecule has 1 aliphatic heterocycles. The Morgan fingerprint density at radius 2 is 2.19 bits per heavy atom. The van der Waals surface area contributed by atoms with E-state index in [1.54, 1.807) is 13.8 Å². The summed E-state index contributed by atoms with van der Waals surface area (Å²) in [6, 6.07) is -0.604. The van der Waals surface area contributed by atoms with Gasteiger partial charge in [0.1, 0.15) is 0 Å². The molecule has 0 saturated heterocycles. The molecule has 1 aliphatic rings. The molecule has 114 valence electrons. The predicted octanol–water partition coefficient (Wildman–Crippen LogP) is 1.25. The average Bonchev–Trinajstić information content (AvgIpc) is 2.83. The summed E-state index contributed by atoms with van der Waals surface area (Å²) in [6.45, 7) is 7.97. The number of carbonyl (C=O) groups excluding carboxylic acids is 2. The van der Waals surface area contributed by atoms with E-state index in [9.17, 15) is 9.59 Å². The number of carbonyl (C=O) groups is 2. The second-order valence-corrected chi connectivity index (χ2v) is 6.12. The van der Waals surface area contributed by atoms with E-state index in [0.29, 0.717) is 17.8 Å². The topological polar surface area (TPSA) is 96.0 Å². The van der Waals surface area contributed by atoms with E-state index >= 15 is 0 Å². The van der Waals surface area contributed by atoms with Gasteiger partial charge in [-0.25, -0.2) is 4.79 Å². The van der Waals surface area contributed by atoms with Gasteiger partial charge in [-0.15, -0.1) is 5.10 Å². The number of amides is 3. The fourth-order valence-electron chi connectivity index (χ4n) is 2.27. The molecule has 3 N–H and O–H groups in total. The molecule has 2 rings (SSSR count). The van der Waals surface area contributed by atoms with Crippen molar-refractivity contribution in [2.75, 3.05) is 0 Å². The molecule has 1 unspecified atom stereocenters. The van der Waals surface area contributed by atoms with E-state index in [4.69, 9.17) is 0 Å². The molecule has 0 fully saturated rings. The SMILES string of the molecule is CC1=C(C(=O)NCc2snnc2C(C)C)C(C)NC(=O)N1. The summed E-state index contributed by atoms with van der Waals surface area (Å²) < 4.78 is 3.93. The van der Waals surface area contributed by atoms with Crippen molar-refractivity contribution in [3.8, 4) is 0 Å². The Labute approximate surface area is 127 Å². The van der Waals surface area contributed by atoms with Crippen molar-refractivity contribution in [3.05, 3.63) is 21.8 Å². The molecule has 7 nitrogen and oxygen atoms in total. The quantitative estimate of drug-likeness (QED) is 0.780. The van der Waals surface area contributed by atoms with Gasteiger partial charge in [0.05, 0.1) is 28.7 Å². The van der Waals surface area contributed by atoms with E-state index < -0.39 is 0 Å². The third-order valence-electron chi connectivity index (χ3n) is 3.27. The van der Waals surface area contributed by atoms with Gasteiger partial charge in [0.15, 0.2) is 0 Å². The predicted molar refractivity (Wildman–Crippen MR) is 79.7 cm³/mol. The van der Waals surface area contributed by atoms with Gasteiger partial charge in [0, 0.05) is 5.70 Å². The van der Waals surface area contributed by atoms with Crippen molar-refractivity contribution in [2.45, 2.75) is 46.2 Å². The summed E-state index contributed by atoms with van der Waals surface area (Å²) in [5, 5.41) is 12.2. The van der Waals surface area contributed by atoms with E-state index in [1.807, 2.05) is 13.8 Å². The Hall–Kier alpha value is -1.96. The maximum absolute atomic E-state index is 12.3. The number of nitrogens with zero attached hydrogens (tertiary/aromatic N) is 2. The molecule has 1 aromatic rings. The molecular weight excluding hydrogens is 290 g/mol. The first-order chi connectivity index (χ1) is 9.90. The molecule has 2 heterocycles. The van der Waals surface area contributed by atoms with Gasteiger partial charge in [-0.1, -0.05) is 18.3 Å². The molecule has 0 aliphatic carbocycles. The highest BCUT2D eigenvalue weighted by molar-refractivity contribution is 7.05. The van der Waals surface area contributed by atoms with Crippen LogP contribution in [-0.4, -0.2) is 27.6 Å². The minimum Gasteiger partial charge on any atom is -0.347 e. The number of allylic oxidation sites excluding steroid dienone is 1. The summed E-state index contributed by atoms with van der Waals surface area (Å²) in [6.07, 6.45) is 0. The van der Waals surface area contributed by atoms with Gasteiger partial charge in [0.25, 0.3) is 5.91 Å². The maximum Gasteiger partial charge on any atom is 0.319 e. The molecule has 3 amide bonds. The molecule has 0 aromatic carbocycles. The van der Waals surface area contributed by atoms with Crippen LogP contribution >= 0.6 is 11.5 Å². The first-order valence-corrected chi connectivity index (χ1v) is 7.55. The highest BCUT2D eigenvalue weighted by atomic mass is 32.1. The molecule has 0 bridgehead atoms. The Morgan fingerprint density at radius 1 is 1.48 bits per heavy atom. The third kappa shape index (κ3) is 3.38. The summed E-state index contributed by atoms with van der Waals surface area (Å²) in [5.41, 5.74) is 2.03. The third-order valence-corrected chi connectivity index (χ3v) is 4.01. The zero-order chi connectivity index (χ0) is 15.6. The van der Waals surface area contributed by atoms with Crippen LogP contribution in [0.4, 0.5) is 4.79 Å². The van der Waals surface area contributed by atoms with Crippen LogP contribution in [-0.2, 0) is 11.3 Å². The maximum atomic E-state index is 12.3. The Morgan fingerprint density at radius 3 is 2.81 bits per heavy atom. The van der Waals surface area contributed by atoms with Gasteiger partial charge in [-0.05, 0) is 31.3 Å². The van der Waals surface area contributed by atoms with Crippen LogP contribution in [0.5, 0.6) is 0 Å². The number of aromatic nitrogens is 2. The van der Waals surface area contributed by atoms with E-state index in [2.05, 4.69) is 25.5 Å². The Balaban J connectivity index is 2.06. The van der Waals surface area contributed by atoms with Crippen molar-refractivity contribution >= 4 is 23.5 Å². The zero-order valence-electron chi connectivity index (χ0n) is 12.5. The van der Waals surface area contributed by atoms with Crippen molar-refractivity contribution in [1.29, 1.82) is 0 Å². The zero-order valence-corrected chi connectivity index (χ0v) is 13.3. The fourth-order valence-corrected chi connectivity index (χ4v) is 3.00. The molecule has 0 saturated carbocycles. The largest absolute Gasteiger partial charge is 0.347 e. The normalized spacial score (nSPS) is 18.5. The first-order valence-electron chi connectivity index (χ1n) is 6.77. The average molecular weight is 309 g/mol. The van der Waals surface area contributed by atoms with Gasteiger partial charge in [-0.2, -0.15) is 0 Å². The molecule has 0 spiro atoms. The number of hydrogen-bond donors (Lipinski definition) is 3. The number of nitrogens with one attached hydrogen (secondary N) is 3. The Bertz CT molecular complexity index is 593. The van der Waals surface area contributed by atoms with E-state index in [-0.39, 0.29) is 23.9 Å². The monoisotopic (exact) mass is 309 g/mol. The minimum absolute atomic E-state index is 0.199. The summed E-state index contributed by atoms with van der Waals surface area (Å²) in [4.78, 5) is 24.6. The van der Waals surface area contributed by atoms with Crippen LogP contribution < -0.4 is 16.0 Å². The smallest absolute Gasteiger partial charge is 0.319 e. The second kappa shape index (κ2) is 6.21. The minimum atomic E-state index is -0.317. The van der Waals surface area contributed by atoms with Crippen molar-refractivity contribution in [3.63, 3.8) is 0 Å².